The summed E-state index contributed by atoms with van der Waals surface area (Å²) in [5, 5.41) is 2.93. The van der Waals surface area contributed by atoms with Crippen LogP contribution in [0.5, 0.6) is 0 Å². The smallest absolute Gasteiger partial charge is 0.349 e. The Bertz CT molecular complexity index is 934. The molecule has 0 aliphatic carbocycles. The molecule has 0 saturated carbocycles. The molecule has 1 aliphatic heterocycles. The lowest BCUT2D eigenvalue weighted by Crippen LogP contribution is -2.57. The average molecular weight is 396 g/mol. The van der Waals surface area contributed by atoms with E-state index in [1.165, 1.54) is 4.90 Å². The normalized spacial score (nSPS) is 16.8. The van der Waals surface area contributed by atoms with Crippen LogP contribution in [0.3, 0.4) is 0 Å². The first kappa shape index (κ1) is 20.8. The molecule has 0 spiro atoms. The molecule has 6 heteroatoms. The zero-order chi connectivity index (χ0) is 21.0. The number of carbonyl (C=O) groups excluding carboxylic acids is 2. The molecule has 2 aromatic rings. The van der Waals surface area contributed by atoms with Crippen molar-refractivity contribution in [1.82, 2.24) is 10.2 Å². The Balaban J connectivity index is 1.76. The SMILES string of the molecule is Cc1cc(CCC(C)C)oc(=O)c1C(=O)N1CC(=O)N[C@@H](Cc2ccccc2)C1. The maximum absolute atomic E-state index is 13.0. The number of nitrogens with zero attached hydrogens (tertiary/aromatic N) is 1. The van der Waals surface area contributed by atoms with E-state index in [1.807, 2.05) is 30.3 Å². The van der Waals surface area contributed by atoms with Gasteiger partial charge in [0.2, 0.25) is 5.91 Å². The zero-order valence-corrected chi connectivity index (χ0v) is 17.2. The zero-order valence-electron chi connectivity index (χ0n) is 17.2. The summed E-state index contributed by atoms with van der Waals surface area (Å²) in [6.07, 6.45) is 2.19. The van der Waals surface area contributed by atoms with Gasteiger partial charge in [-0.3, -0.25) is 9.59 Å². The summed E-state index contributed by atoms with van der Waals surface area (Å²) in [6.45, 7) is 6.26. The van der Waals surface area contributed by atoms with E-state index in [4.69, 9.17) is 4.42 Å². The molecule has 2 heterocycles. The molecule has 29 heavy (non-hydrogen) atoms. The van der Waals surface area contributed by atoms with Gasteiger partial charge < -0.3 is 14.6 Å². The maximum Gasteiger partial charge on any atom is 0.349 e. The predicted molar refractivity (Wildman–Crippen MR) is 111 cm³/mol. The molecule has 0 unspecified atom stereocenters. The molecule has 6 nitrogen and oxygen atoms in total. The first-order valence-corrected chi connectivity index (χ1v) is 10.1. The number of hydrogen-bond donors (Lipinski definition) is 1. The molecule has 154 valence electrons. The highest BCUT2D eigenvalue weighted by Crippen LogP contribution is 2.15. The van der Waals surface area contributed by atoms with Crippen molar-refractivity contribution >= 4 is 11.8 Å². The average Bonchev–Trinajstić information content (AvgIpc) is 2.66. The van der Waals surface area contributed by atoms with Crippen molar-refractivity contribution in [3.8, 4) is 0 Å². The molecule has 2 amide bonds. The van der Waals surface area contributed by atoms with Crippen LogP contribution in [0, 0.1) is 12.8 Å². The van der Waals surface area contributed by atoms with Crippen LogP contribution in [0.1, 0.15) is 47.5 Å². The number of benzene rings is 1. The van der Waals surface area contributed by atoms with Crippen molar-refractivity contribution < 1.29 is 14.0 Å². The lowest BCUT2D eigenvalue weighted by Gasteiger charge is -2.33. The second-order valence-corrected chi connectivity index (χ2v) is 8.13. The summed E-state index contributed by atoms with van der Waals surface area (Å²) in [5.74, 6) is 0.423. The van der Waals surface area contributed by atoms with Crippen LogP contribution in [0.2, 0.25) is 0 Å². The molecular weight excluding hydrogens is 368 g/mol. The van der Waals surface area contributed by atoms with Crippen LogP contribution in [0.15, 0.2) is 45.6 Å². The van der Waals surface area contributed by atoms with E-state index in [0.717, 1.165) is 12.0 Å². The minimum Gasteiger partial charge on any atom is -0.427 e. The molecule has 1 aromatic heterocycles. The summed E-state index contributed by atoms with van der Waals surface area (Å²) in [4.78, 5) is 39.2. The summed E-state index contributed by atoms with van der Waals surface area (Å²) >= 11 is 0. The van der Waals surface area contributed by atoms with Crippen LogP contribution in [-0.4, -0.2) is 35.8 Å². The Morgan fingerprint density at radius 3 is 2.62 bits per heavy atom. The highest BCUT2D eigenvalue weighted by Gasteiger charge is 2.31. The van der Waals surface area contributed by atoms with Crippen LogP contribution in [0.4, 0.5) is 0 Å². The third-order valence-electron chi connectivity index (χ3n) is 5.13. The van der Waals surface area contributed by atoms with E-state index < -0.39 is 11.5 Å². The second kappa shape index (κ2) is 9.07. The Morgan fingerprint density at radius 2 is 1.97 bits per heavy atom. The van der Waals surface area contributed by atoms with Crippen molar-refractivity contribution in [1.29, 1.82) is 0 Å². The van der Waals surface area contributed by atoms with Gasteiger partial charge in [-0.15, -0.1) is 0 Å². The quantitative estimate of drug-likeness (QED) is 0.814. The predicted octanol–water partition coefficient (Wildman–Crippen LogP) is 2.72. The molecule has 1 aromatic carbocycles. The van der Waals surface area contributed by atoms with Crippen molar-refractivity contribution in [3.05, 3.63) is 69.3 Å². The molecule has 3 rings (SSSR count). The number of nitrogens with one attached hydrogen (secondary N) is 1. The standard InChI is InChI=1S/C23H28N2O4/c1-15(2)9-10-19-11-16(3)21(23(28)29-19)22(27)25-13-18(24-20(26)14-25)12-17-7-5-4-6-8-17/h4-8,11,15,18H,9-10,12-14H2,1-3H3,(H,24,26)/t18-/m0/s1. The number of rotatable bonds is 6. The van der Waals surface area contributed by atoms with Crippen LogP contribution in [0.25, 0.3) is 0 Å². The van der Waals surface area contributed by atoms with Gasteiger partial charge in [-0.2, -0.15) is 0 Å². The number of piperazine rings is 1. The van der Waals surface area contributed by atoms with E-state index in [1.54, 1.807) is 13.0 Å². The summed E-state index contributed by atoms with van der Waals surface area (Å²) < 4.78 is 5.40. The van der Waals surface area contributed by atoms with E-state index in [9.17, 15) is 14.4 Å². The van der Waals surface area contributed by atoms with Gasteiger partial charge in [-0.25, -0.2) is 4.79 Å². The second-order valence-electron chi connectivity index (χ2n) is 8.13. The van der Waals surface area contributed by atoms with Gasteiger partial charge >= 0.3 is 5.63 Å². The highest BCUT2D eigenvalue weighted by molar-refractivity contribution is 5.97. The van der Waals surface area contributed by atoms with Gasteiger partial charge in [0.25, 0.3) is 5.91 Å². The molecule has 0 bridgehead atoms. The fraction of sp³-hybridized carbons (Fsp3) is 0.435. The van der Waals surface area contributed by atoms with E-state index >= 15 is 0 Å². The summed E-state index contributed by atoms with van der Waals surface area (Å²) in [5.41, 5.74) is 1.07. The summed E-state index contributed by atoms with van der Waals surface area (Å²) in [6, 6.07) is 11.4. The summed E-state index contributed by atoms with van der Waals surface area (Å²) in [7, 11) is 0. The topological polar surface area (TPSA) is 79.6 Å². The number of hydrogen-bond acceptors (Lipinski definition) is 4. The molecule has 1 aliphatic rings. The van der Waals surface area contributed by atoms with E-state index in [0.29, 0.717) is 36.6 Å². The number of amides is 2. The lowest BCUT2D eigenvalue weighted by molar-refractivity contribution is -0.124. The van der Waals surface area contributed by atoms with Crippen LogP contribution >= 0.6 is 0 Å². The molecule has 0 radical (unpaired) electrons. The number of carbonyl (C=O) groups is 2. The van der Waals surface area contributed by atoms with Crippen LogP contribution in [-0.2, 0) is 17.6 Å². The third-order valence-corrected chi connectivity index (χ3v) is 5.13. The van der Waals surface area contributed by atoms with Gasteiger partial charge in [0, 0.05) is 13.0 Å². The van der Waals surface area contributed by atoms with Gasteiger partial charge in [0.05, 0.1) is 12.6 Å². The van der Waals surface area contributed by atoms with Crippen LogP contribution < -0.4 is 10.9 Å². The first-order valence-electron chi connectivity index (χ1n) is 10.1. The fourth-order valence-electron chi connectivity index (χ4n) is 3.63. The fourth-order valence-corrected chi connectivity index (χ4v) is 3.63. The Labute approximate surface area is 170 Å². The maximum atomic E-state index is 13.0. The van der Waals surface area contributed by atoms with Crippen molar-refractivity contribution in [2.75, 3.05) is 13.1 Å². The molecule has 1 atom stereocenters. The lowest BCUT2D eigenvalue weighted by atomic mass is 10.0. The largest absolute Gasteiger partial charge is 0.427 e. The van der Waals surface area contributed by atoms with Crippen molar-refractivity contribution in [3.63, 3.8) is 0 Å². The Morgan fingerprint density at radius 1 is 1.24 bits per heavy atom. The van der Waals surface area contributed by atoms with Crippen molar-refractivity contribution in [2.45, 2.75) is 46.1 Å². The van der Waals surface area contributed by atoms with Gasteiger partial charge in [0.1, 0.15) is 11.3 Å². The highest BCUT2D eigenvalue weighted by atomic mass is 16.4. The number of aryl methyl sites for hydroxylation is 2. The van der Waals surface area contributed by atoms with E-state index in [2.05, 4.69) is 19.2 Å². The minimum atomic E-state index is -0.626. The van der Waals surface area contributed by atoms with Gasteiger partial charge in [-0.05, 0) is 42.9 Å². The van der Waals surface area contributed by atoms with Gasteiger partial charge in [-0.1, -0.05) is 44.2 Å². The third kappa shape index (κ3) is 5.34. The Hall–Kier alpha value is -2.89. The van der Waals surface area contributed by atoms with Gasteiger partial charge in [0.15, 0.2) is 0 Å². The molecule has 1 N–H and O–H groups in total. The Kier molecular flexibility index (Phi) is 6.52. The first-order chi connectivity index (χ1) is 13.8. The van der Waals surface area contributed by atoms with E-state index in [-0.39, 0.29) is 24.1 Å². The van der Waals surface area contributed by atoms with Crippen molar-refractivity contribution in [2.24, 2.45) is 5.92 Å². The molecule has 1 fully saturated rings. The molecular formula is C23H28N2O4. The monoisotopic (exact) mass is 396 g/mol. The minimum absolute atomic E-state index is 0.0199. The molecule has 1 saturated heterocycles.